The van der Waals surface area contributed by atoms with E-state index in [1.165, 1.54) is 12.8 Å². The first-order chi connectivity index (χ1) is 9.57. The minimum absolute atomic E-state index is 0.140. The molecule has 2 rings (SSSR count). The van der Waals surface area contributed by atoms with Crippen molar-refractivity contribution in [3.8, 4) is 0 Å². The smallest absolute Gasteiger partial charge is 0.326 e. The maximum Gasteiger partial charge on any atom is 0.326 e. The van der Waals surface area contributed by atoms with Crippen LogP contribution in [0.1, 0.15) is 26.7 Å². The van der Waals surface area contributed by atoms with Crippen LogP contribution in [0.15, 0.2) is 30.3 Å². The molecule has 0 atom stereocenters. The molecule has 1 N–H and O–H groups in total. The molecule has 1 saturated heterocycles. The van der Waals surface area contributed by atoms with Crippen molar-refractivity contribution in [2.75, 3.05) is 25.1 Å². The molecule has 0 aliphatic carbocycles. The Morgan fingerprint density at radius 2 is 1.85 bits per heavy atom. The second-order valence-corrected chi connectivity index (χ2v) is 5.70. The second-order valence-electron chi connectivity index (χ2n) is 5.70. The fourth-order valence-electron chi connectivity index (χ4n) is 2.94. The average Bonchev–Trinajstić information content (AvgIpc) is 2.47. The number of nitrogens with zero attached hydrogens (tertiary/aromatic N) is 1. The van der Waals surface area contributed by atoms with E-state index in [1.807, 2.05) is 18.2 Å². The lowest BCUT2D eigenvalue weighted by Crippen LogP contribution is -2.60. The predicted octanol–water partition coefficient (Wildman–Crippen LogP) is 2.20. The molecule has 4 nitrogen and oxygen atoms in total. The van der Waals surface area contributed by atoms with Crippen LogP contribution in [0.3, 0.4) is 0 Å². The van der Waals surface area contributed by atoms with E-state index in [9.17, 15) is 4.79 Å². The van der Waals surface area contributed by atoms with Crippen molar-refractivity contribution in [2.45, 2.75) is 38.3 Å². The number of carbonyl (C=O) groups excluding carboxylic acids is 1. The van der Waals surface area contributed by atoms with Crippen LogP contribution in [0, 0.1) is 0 Å². The third-order valence-electron chi connectivity index (χ3n) is 3.88. The molecule has 1 aliphatic rings. The van der Waals surface area contributed by atoms with Crippen LogP contribution in [-0.4, -0.2) is 37.7 Å². The van der Waals surface area contributed by atoms with Gasteiger partial charge in [0.1, 0.15) is 5.54 Å². The molecule has 1 aromatic carbocycles. The highest BCUT2D eigenvalue weighted by Gasteiger charge is 2.42. The van der Waals surface area contributed by atoms with Gasteiger partial charge in [0, 0.05) is 24.8 Å². The molecule has 0 unspecified atom stereocenters. The van der Waals surface area contributed by atoms with Gasteiger partial charge in [0.25, 0.3) is 0 Å². The Bertz CT molecular complexity index is 437. The van der Waals surface area contributed by atoms with Gasteiger partial charge >= 0.3 is 5.97 Å². The summed E-state index contributed by atoms with van der Waals surface area (Å²) in [6.07, 6.45) is 1.54. The maximum atomic E-state index is 12.2. The first-order valence-corrected chi connectivity index (χ1v) is 7.23. The highest BCUT2D eigenvalue weighted by atomic mass is 16.5. The minimum Gasteiger partial charge on any atom is -0.468 e. The largest absolute Gasteiger partial charge is 0.468 e. The van der Waals surface area contributed by atoms with Gasteiger partial charge in [0.2, 0.25) is 0 Å². The van der Waals surface area contributed by atoms with E-state index < -0.39 is 5.54 Å². The van der Waals surface area contributed by atoms with E-state index in [0.717, 1.165) is 25.9 Å². The maximum absolute atomic E-state index is 12.2. The fourth-order valence-corrected chi connectivity index (χ4v) is 2.94. The fraction of sp³-hybridized carbons (Fsp3) is 0.562. The first-order valence-electron chi connectivity index (χ1n) is 7.23. The predicted molar refractivity (Wildman–Crippen MR) is 80.9 cm³/mol. The summed E-state index contributed by atoms with van der Waals surface area (Å²) < 4.78 is 5.01. The van der Waals surface area contributed by atoms with Gasteiger partial charge in [-0.1, -0.05) is 18.2 Å². The van der Waals surface area contributed by atoms with Gasteiger partial charge in [0.15, 0.2) is 0 Å². The number of nitrogens with one attached hydrogen (secondary N) is 1. The molecular formula is C16H24N2O2. The van der Waals surface area contributed by atoms with Gasteiger partial charge in [-0.05, 0) is 38.8 Å². The van der Waals surface area contributed by atoms with Gasteiger partial charge in [-0.3, -0.25) is 10.1 Å². The highest BCUT2D eigenvalue weighted by molar-refractivity contribution is 5.81. The Morgan fingerprint density at radius 3 is 2.35 bits per heavy atom. The van der Waals surface area contributed by atoms with Crippen LogP contribution in [-0.2, 0) is 9.53 Å². The zero-order valence-corrected chi connectivity index (χ0v) is 12.6. The molecule has 110 valence electrons. The number of esters is 1. The van der Waals surface area contributed by atoms with Gasteiger partial charge in [-0.15, -0.1) is 0 Å². The lowest BCUT2D eigenvalue weighted by Gasteiger charge is -2.42. The third-order valence-corrected chi connectivity index (χ3v) is 3.88. The molecule has 0 bridgehead atoms. The zero-order valence-electron chi connectivity index (χ0n) is 12.6. The molecule has 1 aliphatic heterocycles. The van der Waals surface area contributed by atoms with Crippen molar-refractivity contribution < 1.29 is 9.53 Å². The number of methoxy groups -OCH3 is 1. The Labute approximate surface area is 121 Å². The normalized spacial score (nSPS) is 18.1. The summed E-state index contributed by atoms with van der Waals surface area (Å²) in [5.74, 6) is -0.140. The quantitative estimate of drug-likeness (QED) is 0.856. The molecule has 1 aromatic rings. The topological polar surface area (TPSA) is 41.6 Å². The Kier molecular flexibility index (Phi) is 4.65. The zero-order chi connectivity index (χ0) is 14.6. The number of hydrogen-bond acceptors (Lipinski definition) is 4. The summed E-state index contributed by atoms with van der Waals surface area (Å²) in [6, 6.07) is 10.6. The number of piperidine rings is 1. The molecular weight excluding hydrogens is 252 g/mol. The molecule has 4 heteroatoms. The number of para-hydroxylation sites is 1. The number of rotatable bonds is 4. The molecule has 0 spiro atoms. The van der Waals surface area contributed by atoms with Crippen LogP contribution >= 0.6 is 0 Å². The van der Waals surface area contributed by atoms with E-state index >= 15 is 0 Å². The summed E-state index contributed by atoms with van der Waals surface area (Å²) in [5, 5.41) is 3.42. The molecule has 20 heavy (non-hydrogen) atoms. The summed E-state index contributed by atoms with van der Waals surface area (Å²) >= 11 is 0. The van der Waals surface area contributed by atoms with Crippen LogP contribution in [0.4, 0.5) is 5.69 Å². The van der Waals surface area contributed by atoms with Crippen molar-refractivity contribution in [3.05, 3.63) is 30.3 Å². The minimum atomic E-state index is -0.534. The van der Waals surface area contributed by atoms with Crippen molar-refractivity contribution in [3.63, 3.8) is 0 Å². The van der Waals surface area contributed by atoms with Gasteiger partial charge in [-0.25, -0.2) is 0 Å². The number of anilines is 1. The SMILES string of the molecule is COC(=O)C1(NC(C)C)CCN(c2ccccc2)CC1. The lowest BCUT2D eigenvalue weighted by atomic mass is 9.86. The molecule has 0 saturated carbocycles. The summed E-state index contributed by atoms with van der Waals surface area (Å²) in [4.78, 5) is 14.5. The van der Waals surface area contributed by atoms with Crippen molar-refractivity contribution in [1.82, 2.24) is 5.32 Å². The van der Waals surface area contributed by atoms with E-state index in [0.29, 0.717) is 0 Å². The molecule has 1 heterocycles. The standard InChI is InChI=1S/C16H24N2O2/c1-13(2)17-16(15(19)20-3)9-11-18(12-10-16)14-7-5-4-6-8-14/h4-8,13,17H,9-12H2,1-3H3. The summed E-state index contributed by atoms with van der Waals surface area (Å²) in [6.45, 7) is 5.85. The molecule has 0 aromatic heterocycles. The summed E-state index contributed by atoms with van der Waals surface area (Å²) in [5.41, 5.74) is 0.685. The third kappa shape index (κ3) is 3.12. The van der Waals surface area contributed by atoms with Crippen LogP contribution < -0.4 is 10.2 Å². The van der Waals surface area contributed by atoms with E-state index in [2.05, 4.69) is 36.2 Å². The Hall–Kier alpha value is -1.55. The van der Waals surface area contributed by atoms with Gasteiger partial charge < -0.3 is 9.64 Å². The molecule has 1 fully saturated rings. The molecule has 0 radical (unpaired) electrons. The van der Waals surface area contributed by atoms with Crippen molar-refractivity contribution in [2.24, 2.45) is 0 Å². The van der Waals surface area contributed by atoms with Crippen molar-refractivity contribution in [1.29, 1.82) is 0 Å². The monoisotopic (exact) mass is 276 g/mol. The van der Waals surface area contributed by atoms with Crippen LogP contribution in [0.2, 0.25) is 0 Å². The highest BCUT2D eigenvalue weighted by Crippen LogP contribution is 2.27. The molecule has 0 amide bonds. The van der Waals surface area contributed by atoms with Gasteiger partial charge in [-0.2, -0.15) is 0 Å². The number of hydrogen-bond donors (Lipinski definition) is 1. The first kappa shape index (κ1) is 14.9. The second kappa shape index (κ2) is 6.27. The van der Waals surface area contributed by atoms with Crippen LogP contribution in [0.5, 0.6) is 0 Å². The van der Waals surface area contributed by atoms with E-state index in [1.54, 1.807) is 0 Å². The summed E-state index contributed by atoms with van der Waals surface area (Å²) in [7, 11) is 1.47. The van der Waals surface area contributed by atoms with Gasteiger partial charge in [0.05, 0.1) is 7.11 Å². The van der Waals surface area contributed by atoms with E-state index in [-0.39, 0.29) is 12.0 Å². The Balaban J connectivity index is 2.08. The number of carbonyl (C=O) groups is 1. The van der Waals surface area contributed by atoms with Crippen molar-refractivity contribution >= 4 is 11.7 Å². The van der Waals surface area contributed by atoms with E-state index in [4.69, 9.17) is 4.74 Å². The number of ether oxygens (including phenoxy) is 1. The Morgan fingerprint density at radius 1 is 1.25 bits per heavy atom. The van der Waals surface area contributed by atoms with Crippen LogP contribution in [0.25, 0.3) is 0 Å². The number of benzene rings is 1. The average molecular weight is 276 g/mol. The lowest BCUT2D eigenvalue weighted by molar-refractivity contribution is -0.150.